The summed E-state index contributed by atoms with van der Waals surface area (Å²) in [5.41, 5.74) is 10.7. The maximum atomic E-state index is 12.6. The van der Waals surface area contributed by atoms with Crippen LogP contribution in [-0.4, -0.2) is 53.0 Å². The van der Waals surface area contributed by atoms with E-state index in [1.807, 2.05) is 18.2 Å². The van der Waals surface area contributed by atoms with Crippen LogP contribution in [0.1, 0.15) is 74.4 Å². The van der Waals surface area contributed by atoms with Gasteiger partial charge in [0.1, 0.15) is 22.9 Å². The largest absolute Gasteiger partial charge is 0.524 e. The predicted octanol–water partition coefficient (Wildman–Crippen LogP) is 4.23. The average molecular weight is 666 g/mol. The number of hydroxylamine groups is 2. The van der Waals surface area contributed by atoms with Crippen molar-refractivity contribution in [1.29, 1.82) is 0 Å². The second-order valence-electron chi connectivity index (χ2n) is 11.5. The van der Waals surface area contributed by atoms with Crippen LogP contribution in [0.15, 0.2) is 36.4 Å². The quantitative estimate of drug-likeness (QED) is 0.128. The number of unbranched alkanes of at least 4 members (excludes halogenated alkanes) is 1. The first kappa shape index (κ1) is 33.7. The maximum absolute atomic E-state index is 12.6. The number of aromatic nitrogens is 3. The van der Waals surface area contributed by atoms with E-state index in [1.54, 1.807) is 19.1 Å². The monoisotopic (exact) mass is 665 g/mol. The molecule has 0 radical (unpaired) electrons. The molecule has 5 rings (SSSR count). The molecule has 1 aliphatic rings. The summed E-state index contributed by atoms with van der Waals surface area (Å²) in [6, 6.07) is 10.8. The van der Waals surface area contributed by atoms with E-state index < -0.39 is 25.6 Å². The molecular formula is C32H36N5O9P. The van der Waals surface area contributed by atoms with E-state index in [-0.39, 0.29) is 49.5 Å². The fourth-order valence-corrected chi connectivity index (χ4v) is 6.00. The number of carbonyl (C=O) groups is 4. The molecule has 1 saturated heterocycles. The molecule has 15 heteroatoms. The molecule has 0 atom stereocenters. The molecule has 2 aromatic heterocycles. The number of phosphoric acid groups is 1. The van der Waals surface area contributed by atoms with Gasteiger partial charge in [0.05, 0.1) is 17.5 Å². The highest BCUT2D eigenvalue weighted by atomic mass is 31.2. The van der Waals surface area contributed by atoms with Gasteiger partial charge in [0.2, 0.25) is 0 Å². The van der Waals surface area contributed by atoms with E-state index in [0.717, 1.165) is 40.7 Å². The number of hydrogen-bond acceptors (Lipinski definition) is 10. The van der Waals surface area contributed by atoms with Crippen molar-refractivity contribution >= 4 is 59.1 Å². The van der Waals surface area contributed by atoms with Crippen LogP contribution in [0.25, 0.3) is 21.9 Å². The van der Waals surface area contributed by atoms with Crippen LogP contribution in [-0.2, 0) is 48.0 Å². The molecule has 4 aromatic rings. The van der Waals surface area contributed by atoms with Gasteiger partial charge >= 0.3 is 13.8 Å². The maximum Gasteiger partial charge on any atom is 0.524 e. The van der Waals surface area contributed by atoms with Crippen molar-refractivity contribution in [2.75, 3.05) is 5.73 Å². The van der Waals surface area contributed by atoms with Gasteiger partial charge in [-0.25, -0.2) is 19.3 Å². The van der Waals surface area contributed by atoms with Crippen LogP contribution in [0.4, 0.5) is 5.82 Å². The molecule has 4 N–H and O–H groups in total. The Kier molecular flexibility index (Phi) is 10.0. The van der Waals surface area contributed by atoms with Gasteiger partial charge in [0.15, 0.2) is 5.82 Å². The number of Topliss-reactive ketones (excluding diaryl/α,β-unsaturated/α-hetero) is 1. The summed E-state index contributed by atoms with van der Waals surface area (Å²) < 4.78 is 18.3. The first-order valence-electron chi connectivity index (χ1n) is 15.3. The van der Waals surface area contributed by atoms with E-state index in [2.05, 4.69) is 16.5 Å². The standard InChI is InChI=1S/C32H36N5O9P/c1-3-4-5-26-35-30-31(36(26)18-21-8-12-25(19(2)16-21)46-47(42,43)44)23-17-20(7-11-24(23)34-32(30)33)6-9-22(38)10-15-29(41)45-37-27(39)13-14-28(37)40/h7-8,11-12,16-17H,3-6,9-10,13-15,18H2,1-2H3,(H2,33,34)(H2,42,43,44). The number of fused-ring (bicyclic) bond motifs is 3. The van der Waals surface area contributed by atoms with E-state index in [1.165, 1.54) is 6.07 Å². The highest BCUT2D eigenvalue weighted by Crippen LogP contribution is 2.39. The molecule has 2 aromatic carbocycles. The average Bonchev–Trinajstić information content (AvgIpc) is 3.54. The first-order valence-corrected chi connectivity index (χ1v) is 16.9. The van der Waals surface area contributed by atoms with E-state index in [0.29, 0.717) is 41.0 Å². The third-order valence-electron chi connectivity index (χ3n) is 7.90. The van der Waals surface area contributed by atoms with Crippen molar-refractivity contribution in [2.45, 2.75) is 78.2 Å². The van der Waals surface area contributed by atoms with Gasteiger partial charge in [-0.3, -0.25) is 24.2 Å². The molecule has 248 valence electrons. The normalized spacial score (nSPS) is 13.6. The van der Waals surface area contributed by atoms with Gasteiger partial charge in [-0.1, -0.05) is 31.5 Å². The number of imidazole rings is 1. The lowest BCUT2D eigenvalue weighted by Crippen LogP contribution is -2.32. The minimum Gasteiger partial charge on any atom is -0.404 e. The molecule has 3 heterocycles. The molecule has 1 fully saturated rings. The molecule has 1 aliphatic heterocycles. The van der Waals surface area contributed by atoms with Crippen LogP contribution in [0.5, 0.6) is 5.75 Å². The number of anilines is 1. The highest BCUT2D eigenvalue weighted by Gasteiger charge is 2.32. The third kappa shape index (κ3) is 8.02. The Labute approximate surface area is 270 Å². The Morgan fingerprint density at radius 1 is 0.979 bits per heavy atom. The number of carbonyl (C=O) groups excluding carboxylic acids is 4. The van der Waals surface area contributed by atoms with Gasteiger partial charge in [-0.2, -0.15) is 0 Å². The fraction of sp³-hybridized carbons (Fsp3) is 0.375. The summed E-state index contributed by atoms with van der Waals surface area (Å²) in [7, 11) is -4.71. The lowest BCUT2D eigenvalue weighted by molar-refractivity contribution is -0.197. The zero-order valence-electron chi connectivity index (χ0n) is 26.1. The Morgan fingerprint density at radius 2 is 1.70 bits per heavy atom. The van der Waals surface area contributed by atoms with Gasteiger partial charge in [-0.15, -0.1) is 5.06 Å². The van der Waals surface area contributed by atoms with Crippen molar-refractivity contribution in [3.8, 4) is 5.75 Å². The van der Waals surface area contributed by atoms with Gasteiger partial charge in [0, 0.05) is 44.0 Å². The molecule has 0 unspecified atom stereocenters. The molecule has 0 aliphatic carbocycles. The number of benzene rings is 2. The lowest BCUT2D eigenvalue weighted by Gasteiger charge is -2.14. The van der Waals surface area contributed by atoms with Crippen molar-refractivity contribution in [3.63, 3.8) is 0 Å². The van der Waals surface area contributed by atoms with E-state index in [4.69, 9.17) is 20.1 Å². The number of rotatable bonds is 14. The second-order valence-corrected chi connectivity index (χ2v) is 12.7. The summed E-state index contributed by atoms with van der Waals surface area (Å²) >= 11 is 0. The zero-order chi connectivity index (χ0) is 33.9. The Hall–Kier alpha value is -4.65. The first-order chi connectivity index (χ1) is 22.3. The van der Waals surface area contributed by atoms with Crippen molar-refractivity contribution < 1.29 is 42.9 Å². The van der Waals surface area contributed by atoms with Gasteiger partial charge < -0.3 is 19.7 Å². The molecule has 0 saturated carbocycles. The van der Waals surface area contributed by atoms with E-state index >= 15 is 0 Å². The number of phosphoric ester groups is 1. The van der Waals surface area contributed by atoms with Gasteiger partial charge in [-0.05, 0) is 54.7 Å². The second kappa shape index (κ2) is 14.0. The van der Waals surface area contributed by atoms with Crippen molar-refractivity contribution in [3.05, 3.63) is 58.9 Å². The summed E-state index contributed by atoms with van der Waals surface area (Å²) in [6.45, 7) is 4.20. The van der Waals surface area contributed by atoms with E-state index in [9.17, 15) is 33.5 Å². The summed E-state index contributed by atoms with van der Waals surface area (Å²) in [4.78, 5) is 80.8. The van der Waals surface area contributed by atoms with Crippen LogP contribution >= 0.6 is 7.82 Å². The summed E-state index contributed by atoms with van der Waals surface area (Å²) in [5.74, 6) is -0.929. The van der Waals surface area contributed by atoms with Crippen LogP contribution in [0.2, 0.25) is 0 Å². The third-order valence-corrected chi connectivity index (χ3v) is 8.33. The number of imide groups is 1. The minimum absolute atomic E-state index is 0.00390. The van der Waals surface area contributed by atoms with Crippen molar-refractivity contribution in [2.24, 2.45) is 0 Å². The van der Waals surface area contributed by atoms with Crippen LogP contribution in [0, 0.1) is 6.92 Å². The SMILES string of the molecule is CCCCc1nc2c(N)nc3ccc(CCC(=O)CCC(=O)ON4C(=O)CCC4=O)cc3c2n1Cc1ccc(OP(=O)(O)O)c(C)c1. The smallest absolute Gasteiger partial charge is 0.404 e. The molecule has 0 spiro atoms. The highest BCUT2D eigenvalue weighted by molar-refractivity contribution is 7.46. The number of pyridine rings is 1. The fourth-order valence-electron chi connectivity index (χ4n) is 5.53. The molecule has 14 nitrogen and oxygen atoms in total. The zero-order valence-corrected chi connectivity index (χ0v) is 27.0. The summed E-state index contributed by atoms with van der Waals surface area (Å²) in [5, 5.41) is 1.27. The number of ketones is 1. The number of nitrogens with two attached hydrogens (primary N) is 1. The number of amides is 2. The molecule has 2 amide bonds. The van der Waals surface area contributed by atoms with Crippen LogP contribution in [0.3, 0.4) is 0 Å². The summed E-state index contributed by atoms with van der Waals surface area (Å²) in [6.07, 6.45) is 2.77. The van der Waals surface area contributed by atoms with Crippen molar-refractivity contribution in [1.82, 2.24) is 19.6 Å². The Balaban J connectivity index is 1.38. The number of nitrogens with zero attached hydrogens (tertiary/aromatic N) is 4. The topological polar surface area (TPSA) is 204 Å². The Bertz CT molecular complexity index is 1920. The molecule has 0 bridgehead atoms. The van der Waals surface area contributed by atoms with Gasteiger partial charge in [0.25, 0.3) is 11.8 Å². The van der Waals surface area contributed by atoms with Crippen LogP contribution < -0.4 is 10.3 Å². The molecule has 47 heavy (non-hydrogen) atoms. The number of nitrogen functional groups attached to an aromatic ring is 1. The minimum atomic E-state index is -4.71. The predicted molar refractivity (Wildman–Crippen MR) is 171 cm³/mol. The number of aryl methyl sites for hydroxylation is 3. The molecular weight excluding hydrogens is 629 g/mol. The Morgan fingerprint density at radius 3 is 2.38 bits per heavy atom. The number of hydrogen-bond donors (Lipinski definition) is 3. The lowest BCUT2D eigenvalue weighted by atomic mass is 10.0.